The lowest BCUT2D eigenvalue weighted by atomic mass is 10.1. The molecule has 28 heavy (non-hydrogen) atoms. The molecule has 144 valence electrons. The highest BCUT2D eigenvalue weighted by Crippen LogP contribution is 2.10. The predicted molar refractivity (Wildman–Crippen MR) is 116 cm³/mol. The highest BCUT2D eigenvalue weighted by molar-refractivity contribution is 5.79. The molecule has 3 nitrogen and oxygen atoms in total. The van der Waals surface area contributed by atoms with Gasteiger partial charge in [0, 0.05) is 26.4 Å². The van der Waals surface area contributed by atoms with Crippen LogP contribution in [0.25, 0.3) is 0 Å². The summed E-state index contributed by atoms with van der Waals surface area (Å²) in [7, 11) is 0. The monoisotopic (exact) mass is 372 g/mol. The minimum absolute atomic E-state index is 0.486. The highest BCUT2D eigenvalue weighted by Gasteiger charge is 2.13. The number of hydroxylamine groups is 1. The van der Waals surface area contributed by atoms with Gasteiger partial charge in [0.1, 0.15) is 0 Å². The van der Waals surface area contributed by atoms with Gasteiger partial charge in [-0.15, -0.1) is 0 Å². The maximum atomic E-state index is 12.6. The Morgan fingerprint density at radius 1 is 0.714 bits per heavy atom. The van der Waals surface area contributed by atoms with E-state index in [4.69, 9.17) is 0 Å². The average Bonchev–Trinajstić information content (AvgIpc) is 2.74. The van der Waals surface area contributed by atoms with Crippen LogP contribution in [0.5, 0.6) is 0 Å². The van der Waals surface area contributed by atoms with Crippen molar-refractivity contribution in [2.75, 3.05) is 13.1 Å². The summed E-state index contributed by atoms with van der Waals surface area (Å²) >= 11 is 0. The first-order valence-corrected chi connectivity index (χ1v) is 9.82. The molecule has 0 saturated carbocycles. The Labute approximate surface area is 168 Å². The van der Waals surface area contributed by atoms with Gasteiger partial charge in [-0.1, -0.05) is 91.0 Å². The molecule has 0 aliphatic heterocycles. The zero-order valence-electron chi connectivity index (χ0n) is 16.5. The first kappa shape index (κ1) is 19.8. The van der Waals surface area contributed by atoms with E-state index in [0.717, 1.165) is 30.0 Å². The van der Waals surface area contributed by atoms with Crippen molar-refractivity contribution < 1.29 is 4.74 Å². The van der Waals surface area contributed by atoms with Crippen molar-refractivity contribution >= 4 is 5.71 Å². The van der Waals surface area contributed by atoms with E-state index in [1.165, 1.54) is 16.7 Å². The van der Waals surface area contributed by atoms with Gasteiger partial charge in [0.2, 0.25) is 0 Å². The molecule has 0 amide bonds. The molecule has 3 aromatic carbocycles. The molecule has 0 saturated heterocycles. The van der Waals surface area contributed by atoms with Gasteiger partial charge < -0.3 is 5.21 Å². The van der Waals surface area contributed by atoms with Crippen LogP contribution in [0.1, 0.15) is 23.6 Å². The molecule has 0 fully saturated rings. The maximum Gasteiger partial charge on any atom is 0.174 e. The molecule has 0 N–H and O–H groups in total. The summed E-state index contributed by atoms with van der Waals surface area (Å²) in [5.74, 6) is 0. The third kappa shape index (κ3) is 6.36. The molecule has 0 spiro atoms. The molecule has 0 unspecified atom stereocenters. The van der Waals surface area contributed by atoms with Crippen LogP contribution in [0.2, 0.25) is 0 Å². The van der Waals surface area contributed by atoms with E-state index in [-0.39, 0.29) is 0 Å². The van der Waals surface area contributed by atoms with Crippen LogP contribution in [0.15, 0.2) is 91.0 Å². The van der Waals surface area contributed by atoms with E-state index >= 15 is 0 Å². The van der Waals surface area contributed by atoms with Gasteiger partial charge in [0.25, 0.3) is 0 Å². The maximum absolute atomic E-state index is 12.6. The Hall–Kier alpha value is -2.91. The summed E-state index contributed by atoms with van der Waals surface area (Å²) in [5.41, 5.74) is 4.56. The highest BCUT2D eigenvalue weighted by atomic mass is 16.5. The molecule has 0 aromatic heterocycles. The number of rotatable bonds is 9. The van der Waals surface area contributed by atoms with Crippen LogP contribution in [-0.4, -0.2) is 28.4 Å². The summed E-state index contributed by atoms with van der Waals surface area (Å²) in [6.45, 7) is 4.72. The van der Waals surface area contributed by atoms with Gasteiger partial charge in [0.05, 0.1) is 6.54 Å². The molecule has 0 aliphatic rings. The zero-order valence-corrected chi connectivity index (χ0v) is 16.5. The fourth-order valence-corrected chi connectivity index (χ4v) is 3.32. The normalized spacial score (nSPS) is 12.1. The average molecular weight is 373 g/mol. The van der Waals surface area contributed by atoms with Crippen molar-refractivity contribution in [2.45, 2.75) is 26.4 Å². The third-order valence-electron chi connectivity index (χ3n) is 4.82. The lowest BCUT2D eigenvalue weighted by Crippen LogP contribution is -2.32. The van der Waals surface area contributed by atoms with Gasteiger partial charge in [-0.3, -0.25) is 4.90 Å². The molecule has 0 atom stereocenters. The molecular formula is C25H28N2O. The number of hydrogen-bond acceptors (Lipinski definition) is 2. The van der Waals surface area contributed by atoms with E-state index < -0.39 is 0 Å². The predicted octanol–water partition coefficient (Wildman–Crippen LogP) is 4.90. The van der Waals surface area contributed by atoms with Gasteiger partial charge in [-0.2, -0.15) is 0 Å². The van der Waals surface area contributed by atoms with Crippen LogP contribution in [0.4, 0.5) is 0 Å². The molecular weight excluding hydrogens is 344 g/mol. The molecule has 0 radical (unpaired) electrons. The van der Waals surface area contributed by atoms with Crippen LogP contribution >= 0.6 is 0 Å². The summed E-state index contributed by atoms with van der Waals surface area (Å²) in [4.78, 5) is 2.33. The lowest BCUT2D eigenvalue weighted by molar-refractivity contribution is -0.458. The fourth-order valence-electron chi connectivity index (χ4n) is 3.32. The van der Waals surface area contributed by atoms with Crippen molar-refractivity contribution in [3.05, 3.63) is 113 Å². The van der Waals surface area contributed by atoms with Crippen molar-refractivity contribution in [1.82, 2.24) is 4.90 Å². The second kappa shape index (κ2) is 10.4. The molecule has 0 aliphatic carbocycles. The first-order valence-electron chi connectivity index (χ1n) is 9.82. The summed E-state index contributed by atoms with van der Waals surface area (Å²) in [6, 6.07) is 31.0. The number of benzene rings is 3. The van der Waals surface area contributed by atoms with Gasteiger partial charge in [0.15, 0.2) is 12.3 Å². The van der Waals surface area contributed by atoms with Crippen LogP contribution < -0.4 is 0 Å². The van der Waals surface area contributed by atoms with Gasteiger partial charge in [-0.05, 0) is 16.7 Å². The summed E-state index contributed by atoms with van der Waals surface area (Å²) in [6.07, 6.45) is 0.763. The first-order chi connectivity index (χ1) is 13.7. The Morgan fingerprint density at radius 2 is 1.14 bits per heavy atom. The lowest BCUT2D eigenvalue weighted by Gasteiger charge is -2.22. The summed E-state index contributed by atoms with van der Waals surface area (Å²) in [5, 5.41) is 12.6. The Morgan fingerprint density at radius 3 is 1.61 bits per heavy atom. The summed E-state index contributed by atoms with van der Waals surface area (Å²) < 4.78 is 1.15. The molecule has 3 rings (SSSR count). The van der Waals surface area contributed by atoms with E-state index in [1.54, 1.807) is 0 Å². The van der Waals surface area contributed by atoms with E-state index in [0.29, 0.717) is 13.1 Å². The van der Waals surface area contributed by atoms with Crippen LogP contribution in [-0.2, 0) is 19.5 Å². The third-order valence-corrected chi connectivity index (χ3v) is 4.82. The zero-order chi connectivity index (χ0) is 19.6. The van der Waals surface area contributed by atoms with Gasteiger partial charge in [-0.25, -0.2) is 4.74 Å². The van der Waals surface area contributed by atoms with Crippen molar-refractivity contribution in [1.29, 1.82) is 0 Å². The van der Waals surface area contributed by atoms with Crippen molar-refractivity contribution in [2.24, 2.45) is 0 Å². The van der Waals surface area contributed by atoms with Crippen LogP contribution in [0.3, 0.4) is 0 Å². The van der Waals surface area contributed by atoms with E-state index in [2.05, 4.69) is 65.6 Å². The Bertz CT molecular complexity index is 819. The van der Waals surface area contributed by atoms with E-state index in [9.17, 15) is 5.21 Å². The largest absolute Gasteiger partial charge is 0.624 e. The van der Waals surface area contributed by atoms with Crippen molar-refractivity contribution in [3.63, 3.8) is 0 Å². The second-order valence-corrected chi connectivity index (χ2v) is 7.19. The van der Waals surface area contributed by atoms with Gasteiger partial charge >= 0.3 is 0 Å². The quantitative estimate of drug-likeness (QED) is 0.231. The van der Waals surface area contributed by atoms with Crippen LogP contribution in [0, 0.1) is 5.21 Å². The van der Waals surface area contributed by atoms with E-state index in [1.807, 2.05) is 37.3 Å². The Kier molecular flexibility index (Phi) is 7.39. The molecule has 0 bridgehead atoms. The SMILES string of the molecule is C/C(CN(Cc1ccccc1)Cc1ccccc1)=[N+](/[O-])CCc1ccccc1. The number of hydrogen-bond donors (Lipinski definition) is 0. The second-order valence-electron chi connectivity index (χ2n) is 7.19. The minimum Gasteiger partial charge on any atom is -0.624 e. The topological polar surface area (TPSA) is 29.3 Å². The standard InChI is InChI=1S/C25H28N2O/c1-22(27(28)18-17-23-11-5-2-6-12-23)19-26(20-24-13-7-3-8-14-24)21-25-15-9-4-10-16-25/h2-16H,17-21H2,1H3/b27-22-. The molecule has 3 aromatic rings. The molecule has 3 heteroatoms. The number of nitrogens with zero attached hydrogens (tertiary/aromatic N) is 2. The fraction of sp³-hybridized carbons (Fsp3) is 0.240. The smallest absolute Gasteiger partial charge is 0.174 e. The van der Waals surface area contributed by atoms with Crippen molar-refractivity contribution in [3.8, 4) is 0 Å². The molecule has 0 heterocycles. The Balaban J connectivity index is 1.67. The minimum atomic E-state index is 0.486.